The molecule has 0 spiro atoms. The molecule has 4 aromatic rings. The number of benzene rings is 2. The van der Waals surface area contributed by atoms with E-state index >= 15 is 4.39 Å². The summed E-state index contributed by atoms with van der Waals surface area (Å²) in [6.07, 6.45) is -0.605. The fourth-order valence-electron chi connectivity index (χ4n) is 4.14. The van der Waals surface area contributed by atoms with Gasteiger partial charge in [0.25, 0.3) is 0 Å². The Hall–Kier alpha value is -3.91. The van der Waals surface area contributed by atoms with Gasteiger partial charge < -0.3 is 19.5 Å². The van der Waals surface area contributed by atoms with Gasteiger partial charge in [-0.2, -0.15) is 5.26 Å². The van der Waals surface area contributed by atoms with Crippen LogP contribution in [0.2, 0.25) is 5.02 Å². The highest BCUT2D eigenvalue weighted by Gasteiger charge is 2.22. The minimum absolute atomic E-state index is 0.0296. The summed E-state index contributed by atoms with van der Waals surface area (Å²) in [6.45, 7) is 4.46. The summed E-state index contributed by atoms with van der Waals surface area (Å²) in [7, 11) is 0. The van der Waals surface area contributed by atoms with Gasteiger partial charge in [-0.15, -0.1) is 10.2 Å². The van der Waals surface area contributed by atoms with E-state index in [1.54, 1.807) is 6.92 Å². The lowest BCUT2D eigenvalue weighted by Gasteiger charge is -2.29. The first-order valence-electron chi connectivity index (χ1n) is 11.6. The maximum absolute atomic E-state index is 15.2. The summed E-state index contributed by atoms with van der Waals surface area (Å²) in [6, 6.07) is 13.3. The molecule has 1 aliphatic rings. The Balaban J connectivity index is 1.49. The summed E-state index contributed by atoms with van der Waals surface area (Å²) in [5, 5.41) is 28.4. The molecule has 9 nitrogen and oxygen atoms in total. The van der Waals surface area contributed by atoms with Crippen LogP contribution in [-0.4, -0.2) is 57.7 Å². The van der Waals surface area contributed by atoms with Crippen molar-refractivity contribution < 1.29 is 19.0 Å². The molecule has 0 bridgehead atoms. The SMILES string of the molecule is C[C@H](C#N)Oc1ccc([C@@H](O)c2cc(-c3ncnc4cc(N5CCOCC5)ccc34)c(F)cc2Cl)nn1. The third-order valence-corrected chi connectivity index (χ3v) is 6.38. The molecule has 188 valence electrons. The van der Waals surface area contributed by atoms with Gasteiger partial charge in [-0.1, -0.05) is 11.6 Å². The highest BCUT2D eigenvalue weighted by molar-refractivity contribution is 6.31. The van der Waals surface area contributed by atoms with Crippen molar-refractivity contribution in [2.24, 2.45) is 0 Å². The number of ether oxygens (including phenoxy) is 2. The van der Waals surface area contributed by atoms with Crippen molar-refractivity contribution >= 4 is 28.2 Å². The van der Waals surface area contributed by atoms with Crippen LogP contribution in [0, 0.1) is 17.1 Å². The Morgan fingerprint density at radius 1 is 1.14 bits per heavy atom. The topological polar surface area (TPSA) is 117 Å². The summed E-state index contributed by atoms with van der Waals surface area (Å²) in [4.78, 5) is 11.0. The van der Waals surface area contributed by atoms with E-state index in [0.29, 0.717) is 29.8 Å². The maximum Gasteiger partial charge on any atom is 0.234 e. The van der Waals surface area contributed by atoms with Crippen LogP contribution in [0.25, 0.3) is 22.2 Å². The highest BCUT2D eigenvalue weighted by atomic mass is 35.5. The van der Waals surface area contributed by atoms with Crippen LogP contribution in [0.5, 0.6) is 5.88 Å². The first kappa shape index (κ1) is 24.8. The average molecular weight is 521 g/mol. The van der Waals surface area contributed by atoms with Crippen LogP contribution in [0.15, 0.2) is 48.8 Å². The van der Waals surface area contributed by atoms with Crippen molar-refractivity contribution in [3.05, 3.63) is 70.9 Å². The Bertz CT molecular complexity index is 1470. The molecule has 1 N–H and O–H groups in total. The Kier molecular flexibility index (Phi) is 7.10. The molecule has 11 heteroatoms. The Morgan fingerprint density at radius 2 is 1.95 bits per heavy atom. The zero-order valence-electron chi connectivity index (χ0n) is 19.8. The molecular formula is C26H22ClFN6O3. The molecule has 0 aliphatic carbocycles. The van der Waals surface area contributed by atoms with Gasteiger partial charge in [-0.3, -0.25) is 0 Å². The van der Waals surface area contributed by atoms with E-state index in [1.165, 1.54) is 24.5 Å². The zero-order chi connectivity index (χ0) is 25.9. The Labute approximate surface area is 217 Å². The molecule has 1 aliphatic heterocycles. The van der Waals surface area contributed by atoms with E-state index in [2.05, 4.69) is 25.1 Å². The van der Waals surface area contributed by atoms with Crippen LogP contribution >= 0.6 is 11.6 Å². The second-order valence-electron chi connectivity index (χ2n) is 8.46. The number of halogens is 2. The van der Waals surface area contributed by atoms with Crippen molar-refractivity contribution in [1.82, 2.24) is 20.2 Å². The van der Waals surface area contributed by atoms with Gasteiger partial charge in [0.05, 0.1) is 30.1 Å². The van der Waals surface area contributed by atoms with Gasteiger partial charge in [0, 0.05) is 46.4 Å². The predicted octanol–water partition coefficient (Wildman–Crippen LogP) is 4.09. The van der Waals surface area contributed by atoms with E-state index in [1.807, 2.05) is 24.3 Å². The predicted molar refractivity (Wildman–Crippen MR) is 135 cm³/mol. The lowest BCUT2D eigenvalue weighted by atomic mass is 9.99. The second kappa shape index (κ2) is 10.6. The molecule has 2 atom stereocenters. The lowest BCUT2D eigenvalue weighted by Crippen LogP contribution is -2.36. The van der Waals surface area contributed by atoms with Crippen LogP contribution in [0.3, 0.4) is 0 Å². The number of nitriles is 1. The minimum atomic E-state index is -1.29. The van der Waals surface area contributed by atoms with E-state index < -0.39 is 18.0 Å². The summed E-state index contributed by atoms with van der Waals surface area (Å²) < 4.78 is 25.9. The first-order valence-corrected chi connectivity index (χ1v) is 12.0. The standard InChI is InChI=1S/C26H22ClFN6O3/c1-15(13-29)37-24-5-4-22(32-33-24)26(35)18-11-19(21(28)12-20(18)27)25-17-3-2-16(10-23(17)30-14-31-25)34-6-8-36-9-7-34/h2-5,10-12,14-15,26,35H,6-9H2,1H3/t15-,26+/m1/s1. The van der Waals surface area contributed by atoms with Crippen molar-refractivity contribution in [2.45, 2.75) is 19.1 Å². The van der Waals surface area contributed by atoms with E-state index in [4.69, 9.17) is 26.3 Å². The van der Waals surface area contributed by atoms with Crippen LogP contribution in [-0.2, 0) is 4.74 Å². The molecule has 2 aromatic carbocycles. The van der Waals surface area contributed by atoms with Gasteiger partial charge in [0.1, 0.15) is 24.3 Å². The largest absolute Gasteiger partial charge is 0.458 e. The number of anilines is 1. The maximum atomic E-state index is 15.2. The monoisotopic (exact) mass is 520 g/mol. The smallest absolute Gasteiger partial charge is 0.234 e. The van der Waals surface area contributed by atoms with Crippen molar-refractivity contribution in [3.8, 4) is 23.2 Å². The number of aliphatic hydroxyl groups is 1. The number of fused-ring (bicyclic) bond motifs is 1. The van der Waals surface area contributed by atoms with Crippen molar-refractivity contribution in [2.75, 3.05) is 31.2 Å². The molecule has 2 aromatic heterocycles. The van der Waals surface area contributed by atoms with Gasteiger partial charge >= 0.3 is 0 Å². The molecule has 0 radical (unpaired) electrons. The molecule has 0 saturated carbocycles. The average Bonchev–Trinajstić information content (AvgIpc) is 2.93. The summed E-state index contributed by atoms with van der Waals surface area (Å²) in [5.41, 5.74) is 2.63. The lowest BCUT2D eigenvalue weighted by molar-refractivity contribution is 0.122. The zero-order valence-corrected chi connectivity index (χ0v) is 20.6. The van der Waals surface area contributed by atoms with Gasteiger partial charge in [0.15, 0.2) is 6.10 Å². The summed E-state index contributed by atoms with van der Waals surface area (Å²) >= 11 is 6.32. The minimum Gasteiger partial charge on any atom is -0.458 e. The number of nitrogens with zero attached hydrogens (tertiary/aromatic N) is 6. The molecule has 0 unspecified atom stereocenters. The molecule has 1 fully saturated rings. The molecule has 37 heavy (non-hydrogen) atoms. The number of hydrogen-bond donors (Lipinski definition) is 1. The van der Waals surface area contributed by atoms with E-state index in [9.17, 15) is 5.11 Å². The molecule has 5 rings (SSSR count). The van der Waals surface area contributed by atoms with E-state index in [-0.39, 0.29) is 27.7 Å². The Morgan fingerprint density at radius 3 is 2.68 bits per heavy atom. The van der Waals surface area contributed by atoms with Crippen LogP contribution in [0.4, 0.5) is 10.1 Å². The molecule has 3 heterocycles. The number of aliphatic hydroxyl groups excluding tert-OH is 1. The van der Waals surface area contributed by atoms with Crippen LogP contribution < -0.4 is 9.64 Å². The van der Waals surface area contributed by atoms with Gasteiger partial charge in [0.2, 0.25) is 5.88 Å². The third kappa shape index (κ3) is 5.15. The molecule has 1 saturated heterocycles. The second-order valence-corrected chi connectivity index (χ2v) is 8.87. The number of aromatic nitrogens is 4. The third-order valence-electron chi connectivity index (χ3n) is 6.05. The van der Waals surface area contributed by atoms with Crippen molar-refractivity contribution in [3.63, 3.8) is 0 Å². The number of morpholine rings is 1. The number of rotatable bonds is 6. The highest BCUT2D eigenvalue weighted by Crippen LogP contribution is 2.36. The van der Waals surface area contributed by atoms with Gasteiger partial charge in [-0.05, 0) is 43.3 Å². The van der Waals surface area contributed by atoms with E-state index in [0.717, 1.165) is 24.8 Å². The quantitative estimate of drug-likeness (QED) is 0.401. The molecular weight excluding hydrogens is 499 g/mol. The van der Waals surface area contributed by atoms with Crippen molar-refractivity contribution in [1.29, 1.82) is 5.26 Å². The first-order chi connectivity index (χ1) is 17.9. The normalized spacial score (nSPS) is 15.3. The number of hydrogen-bond acceptors (Lipinski definition) is 9. The molecule has 0 amide bonds. The van der Waals surface area contributed by atoms with Gasteiger partial charge in [-0.25, -0.2) is 14.4 Å². The fraction of sp³-hybridized carbons (Fsp3) is 0.269. The van der Waals surface area contributed by atoms with Crippen LogP contribution in [0.1, 0.15) is 24.3 Å². The summed E-state index contributed by atoms with van der Waals surface area (Å²) in [5.74, 6) is -0.446. The fourth-order valence-corrected chi connectivity index (χ4v) is 4.39.